The third-order valence-corrected chi connectivity index (χ3v) is 5.81. The number of amides is 1. The van der Waals surface area contributed by atoms with E-state index in [4.69, 9.17) is 0 Å². The molecule has 0 aliphatic carbocycles. The van der Waals surface area contributed by atoms with Crippen LogP contribution in [0.15, 0.2) is 84.0 Å². The number of anilines is 1. The fourth-order valence-electron chi connectivity index (χ4n) is 4.13. The minimum absolute atomic E-state index is 0.228. The van der Waals surface area contributed by atoms with Crippen molar-refractivity contribution in [1.29, 1.82) is 0 Å². The van der Waals surface area contributed by atoms with E-state index in [-0.39, 0.29) is 5.91 Å². The van der Waals surface area contributed by atoms with Gasteiger partial charge in [-0.1, -0.05) is 48.5 Å². The van der Waals surface area contributed by atoms with Crippen LogP contribution in [-0.2, 0) is 7.05 Å². The van der Waals surface area contributed by atoms with Crippen LogP contribution in [0.1, 0.15) is 29.8 Å². The number of carbonyl (C=O) groups is 1. The molecule has 162 valence electrons. The minimum atomic E-state index is -0.228. The molecule has 1 heterocycles. The van der Waals surface area contributed by atoms with Crippen molar-refractivity contribution in [3.63, 3.8) is 0 Å². The molecule has 0 unspecified atom stereocenters. The second kappa shape index (κ2) is 9.52. The number of hydrazone groups is 1. The maximum absolute atomic E-state index is 12.6. The Bertz CT molecular complexity index is 1240. The summed E-state index contributed by atoms with van der Waals surface area (Å²) in [6, 6.07) is 26.1. The topological polar surface area (TPSA) is 49.6 Å². The van der Waals surface area contributed by atoms with Gasteiger partial charge >= 0.3 is 0 Å². The van der Waals surface area contributed by atoms with Crippen LogP contribution in [0, 0.1) is 0 Å². The molecule has 0 bridgehead atoms. The lowest BCUT2D eigenvalue weighted by Gasteiger charge is -2.20. The summed E-state index contributed by atoms with van der Waals surface area (Å²) in [5.74, 6) is -0.228. The zero-order valence-electron chi connectivity index (χ0n) is 18.7. The van der Waals surface area contributed by atoms with E-state index < -0.39 is 0 Å². The van der Waals surface area contributed by atoms with Crippen LogP contribution in [0.4, 0.5) is 5.69 Å². The van der Waals surface area contributed by atoms with Gasteiger partial charge in [0.05, 0.1) is 11.9 Å². The normalized spacial score (nSPS) is 11.2. The molecule has 4 aromatic rings. The van der Waals surface area contributed by atoms with E-state index in [9.17, 15) is 4.79 Å². The average Bonchev–Trinajstić information content (AvgIpc) is 3.12. The summed E-state index contributed by atoms with van der Waals surface area (Å²) >= 11 is 0. The Hall–Kier alpha value is -3.86. The summed E-state index contributed by atoms with van der Waals surface area (Å²) in [4.78, 5) is 14.9. The van der Waals surface area contributed by atoms with Crippen molar-refractivity contribution in [2.75, 3.05) is 18.0 Å². The SMILES string of the molecule is CCN(CC)c1ccc(C(=O)N/N=C\c2c(-c3ccccc3)n(C)c3ccccc23)cc1. The van der Waals surface area contributed by atoms with Crippen LogP contribution in [0.5, 0.6) is 0 Å². The third-order valence-electron chi connectivity index (χ3n) is 5.81. The first-order chi connectivity index (χ1) is 15.6. The molecular formula is C27H28N4O. The molecule has 5 heteroatoms. The molecule has 0 radical (unpaired) electrons. The molecule has 0 spiro atoms. The van der Waals surface area contributed by atoms with Gasteiger partial charge < -0.3 is 9.47 Å². The second-order valence-corrected chi connectivity index (χ2v) is 7.62. The van der Waals surface area contributed by atoms with E-state index in [1.807, 2.05) is 54.6 Å². The number of aryl methyl sites for hydroxylation is 1. The summed E-state index contributed by atoms with van der Waals surface area (Å²) in [6.07, 6.45) is 1.74. The molecule has 0 aliphatic heterocycles. The Labute approximate surface area is 189 Å². The van der Waals surface area contributed by atoms with Crippen molar-refractivity contribution in [1.82, 2.24) is 9.99 Å². The van der Waals surface area contributed by atoms with Gasteiger partial charge in [-0.2, -0.15) is 5.10 Å². The summed E-state index contributed by atoms with van der Waals surface area (Å²) < 4.78 is 2.17. The number of benzene rings is 3. The van der Waals surface area contributed by atoms with Crippen LogP contribution in [0.2, 0.25) is 0 Å². The van der Waals surface area contributed by atoms with Gasteiger partial charge in [-0.05, 0) is 49.7 Å². The van der Waals surface area contributed by atoms with E-state index in [2.05, 4.69) is 65.2 Å². The number of rotatable bonds is 7. The first-order valence-electron chi connectivity index (χ1n) is 10.9. The smallest absolute Gasteiger partial charge is 0.271 e. The molecule has 0 atom stereocenters. The van der Waals surface area contributed by atoms with Gasteiger partial charge in [-0.3, -0.25) is 4.79 Å². The molecule has 1 N–H and O–H groups in total. The number of hydrogen-bond donors (Lipinski definition) is 1. The van der Waals surface area contributed by atoms with Crippen molar-refractivity contribution < 1.29 is 4.79 Å². The number of para-hydroxylation sites is 1. The van der Waals surface area contributed by atoms with Crippen molar-refractivity contribution in [2.45, 2.75) is 13.8 Å². The molecule has 0 saturated heterocycles. The van der Waals surface area contributed by atoms with Gasteiger partial charge in [-0.25, -0.2) is 5.43 Å². The molecule has 32 heavy (non-hydrogen) atoms. The Balaban J connectivity index is 1.60. The van der Waals surface area contributed by atoms with Crippen molar-refractivity contribution >= 4 is 28.7 Å². The van der Waals surface area contributed by atoms with Crippen molar-refractivity contribution in [3.05, 3.63) is 90.0 Å². The number of hydrogen-bond acceptors (Lipinski definition) is 3. The van der Waals surface area contributed by atoms with E-state index in [0.717, 1.165) is 46.5 Å². The Morgan fingerprint density at radius 2 is 1.59 bits per heavy atom. The second-order valence-electron chi connectivity index (χ2n) is 7.62. The predicted molar refractivity (Wildman–Crippen MR) is 133 cm³/mol. The quantitative estimate of drug-likeness (QED) is 0.317. The lowest BCUT2D eigenvalue weighted by atomic mass is 10.1. The monoisotopic (exact) mass is 424 g/mol. The average molecular weight is 425 g/mol. The van der Waals surface area contributed by atoms with Gasteiger partial charge in [0, 0.05) is 47.9 Å². The van der Waals surface area contributed by atoms with Gasteiger partial charge in [0.15, 0.2) is 0 Å². The summed E-state index contributed by atoms with van der Waals surface area (Å²) in [7, 11) is 2.05. The molecular weight excluding hydrogens is 396 g/mol. The largest absolute Gasteiger partial charge is 0.372 e. The maximum Gasteiger partial charge on any atom is 0.271 e. The molecule has 3 aromatic carbocycles. The Morgan fingerprint density at radius 3 is 2.28 bits per heavy atom. The predicted octanol–water partition coefficient (Wildman–Crippen LogP) is 5.46. The highest BCUT2D eigenvalue weighted by Gasteiger charge is 2.15. The van der Waals surface area contributed by atoms with Crippen LogP contribution in [0.3, 0.4) is 0 Å². The van der Waals surface area contributed by atoms with E-state index in [0.29, 0.717) is 5.56 Å². The van der Waals surface area contributed by atoms with Gasteiger partial charge in [0.2, 0.25) is 0 Å². The summed E-state index contributed by atoms with van der Waals surface area (Å²) in [5.41, 5.74) is 8.64. The number of nitrogens with one attached hydrogen (secondary N) is 1. The highest BCUT2D eigenvalue weighted by atomic mass is 16.2. The van der Waals surface area contributed by atoms with E-state index in [1.54, 1.807) is 6.21 Å². The highest BCUT2D eigenvalue weighted by molar-refractivity contribution is 6.07. The molecule has 1 amide bonds. The number of fused-ring (bicyclic) bond motifs is 1. The van der Waals surface area contributed by atoms with Crippen molar-refractivity contribution in [3.8, 4) is 11.3 Å². The maximum atomic E-state index is 12.6. The lowest BCUT2D eigenvalue weighted by molar-refractivity contribution is 0.0955. The number of carbonyl (C=O) groups excluding carboxylic acids is 1. The Morgan fingerprint density at radius 1 is 0.938 bits per heavy atom. The van der Waals surface area contributed by atoms with Crippen LogP contribution in [0.25, 0.3) is 22.2 Å². The van der Waals surface area contributed by atoms with E-state index in [1.165, 1.54) is 0 Å². The fraction of sp³-hybridized carbons (Fsp3) is 0.185. The van der Waals surface area contributed by atoms with Gasteiger partial charge in [0.1, 0.15) is 0 Å². The molecule has 0 saturated carbocycles. The van der Waals surface area contributed by atoms with Gasteiger partial charge in [0.25, 0.3) is 5.91 Å². The lowest BCUT2D eigenvalue weighted by Crippen LogP contribution is -2.22. The van der Waals surface area contributed by atoms with Crippen LogP contribution >= 0.6 is 0 Å². The molecule has 0 fully saturated rings. The summed E-state index contributed by atoms with van der Waals surface area (Å²) in [6.45, 7) is 6.11. The first kappa shape index (κ1) is 21.4. The zero-order valence-corrected chi connectivity index (χ0v) is 18.7. The zero-order chi connectivity index (χ0) is 22.5. The standard InChI is InChI=1S/C27H28N4O/c1-4-31(5-2)22-17-15-21(16-18-22)27(32)29-28-19-24-23-13-9-10-14-25(23)30(3)26(24)20-11-7-6-8-12-20/h6-19H,4-5H2,1-3H3,(H,29,32)/b28-19-. The summed E-state index contributed by atoms with van der Waals surface area (Å²) in [5, 5.41) is 5.40. The molecule has 4 rings (SSSR count). The highest BCUT2D eigenvalue weighted by Crippen LogP contribution is 2.31. The Kier molecular flexibility index (Phi) is 6.36. The van der Waals surface area contributed by atoms with Crippen LogP contribution < -0.4 is 10.3 Å². The van der Waals surface area contributed by atoms with Crippen LogP contribution in [-0.4, -0.2) is 29.8 Å². The number of nitrogens with zero attached hydrogens (tertiary/aromatic N) is 3. The fourth-order valence-corrected chi connectivity index (χ4v) is 4.13. The molecule has 5 nitrogen and oxygen atoms in total. The molecule has 0 aliphatic rings. The van der Waals surface area contributed by atoms with Gasteiger partial charge in [-0.15, -0.1) is 0 Å². The first-order valence-corrected chi connectivity index (χ1v) is 10.9. The van der Waals surface area contributed by atoms with Crippen molar-refractivity contribution in [2.24, 2.45) is 12.1 Å². The molecule has 1 aromatic heterocycles. The van der Waals surface area contributed by atoms with E-state index >= 15 is 0 Å². The third kappa shape index (κ3) is 4.14. The minimum Gasteiger partial charge on any atom is -0.372 e. The number of aromatic nitrogens is 1.